The summed E-state index contributed by atoms with van der Waals surface area (Å²) in [4.78, 5) is 2.40. The summed E-state index contributed by atoms with van der Waals surface area (Å²) < 4.78 is 13.6. The Labute approximate surface area is 125 Å². The number of fused-ring (bicyclic) bond motifs is 1. The molecule has 1 aliphatic rings. The van der Waals surface area contributed by atoms with E-state index in [4.69, 9.17) is 5.73 Å². The number of rotatable bonds is 4. The Kier molecular flexibility index (Phi) is 4.04. The van der Waals surface area contributed by atoms with E-state index in [2.05, 4.69) is 29.2 Å². The maximum atomic E-state index is 13.6. The molecule has 0 radical (unpaired) electrons. The second-order valence-corrected chi connectivity index (χ2v) is 5.88. The number of nitrogens with two attached hydrogens (primary N) is 1. The predicted molar refractivity (Wildman–Crippen MR) is 83.2 cm³/mol. The van der Waals surface area contributed by atoms with Gasteiger partial charge >= 0.3 is 0 Å². The third kappa shape index (κ3) is 3.14. The summed E-state index contributed by atoms with van der Waals surface area (Å²) >= 11 is 0. The second-order valence-electron chi connectivity index (χ2n) is 5.88. The molecule has 0 saturated heterocycles. The molecule has 2 N–H and O–H groups in total. The van der Waals surface area contributed by atoms with Crippen molar-refractivity contribution in [2.45, 2.75) is 32.5 Å². The van der Waals surface area contributed by atoms with Crippen LogP contribution in [0, 0.1) is 12.7 Å². The van der Waals surface area contributed by atoms with Crippen molar-refractivity contribution in [3.05, 3.63) is 70.5 Å². The van der Waals surface area contributed by atoms with Gasteiger partial charge < -0.3 is 5.73 Å². The van der Waals surface area contributed by atoms with Crippen LogP contribution >= 0.6 is 0 Å². The first-order valence-corrected chi connectivity index (χ1v) is 7.44. The highest BCUT2D eigenvalue weighted by molar-refractivity contribution is 5.30. The summed E-state index contributed by atoms with van der Waals surface area (Å²) in [5, 5.41) is 0. The third-order valence-corrected chi connectivity index (χ3v) is 4.29. The molecule has 2 nitrogen and oxygen atoms in total. The molecule has 2 aromatic rings. The van der Waals surface area contributed by atoms with Gasteiger partial charge in [-0.15, -0.1) is 0 Å². The summed E-state index contributed by atoms with van der Waals surface area (Å²) in [6.07, 6.45) is 0.844. The van der Waals surface area contributed by atoms with Gasteiger partial charge in [-0.05, 0) is 41.7 Å². The summed E-state index contributed by atoms with van der Waals surface area (Å²) in [7, 11) is 0. The van der Waals surface area contributed by atoms with Gasteiger partial charge in [0.15, 0.2) is 0 Å². The first kappa shape index (κ1) is 14.2. The van der Waals surface area contributed by atoms with Crippen molar-refractivity contribution in [3.8, 4) is 0 Å². The van der Waals surface area contributed by atoms with E-state index < -0.39 is 0 Å². The molecule has 0 aliphatic carbocycles. The lowest BCUT2D eigenvalue weighted by Crippen LogP contribution is -2.22. The number of hydrogen-bond donors (Lipinski definition) is 1. The highest BCUT2D eigenvalue weighted by Gasteiger charge is 2.19. The maximum absolute atomic E-state index is 13.6. The lowest BCUT2D eigenvalue weighted by Gasteiger charge is -2.18. The number of benzene rings is 2. The van der Waals surface area contributed by atoms with Crippen molar-refractivity contribution in [2.75, 3.05) is 6.54 Å². The molecule has 0 bridgehead atoms. The summed E-state index contributed by atoms with van der Waals surface area (Å²) in [5.41, 5.74) is 10.6. The SMILES string of the molecule is Cc1ccc(C(N)CCN2Cc3ccccc3C2)cc1F. The van der Waals surface area contributed by atoms with E-state index >= 15 is 0 Å². The highest BCUT2D eigenvalue weighted by Crippen LogP contribution is 2.24. The minimum atomic E-state index is -0.170. The molecule has 0 aromatic heterocycles. The molecule has 1 atom stereocenters. The highest BCUT2D eigenvalue weighted by atomic mass is 19.1. The summed E-state index contributed by atoms with van der Waals surface area (Å²) in [5.74, 6) is -0.170. The number of hydrogen-bond acceptors (Lipinski definition) is 2. The van der Waals surface area contributed by atoms with Gasteiger partial charge in [-0.3, -0.25) is 4.90 Å². The van der Waals surface area contributed by atoms with Gasteiger partial charge in [0.05, 0.1) is 0 Å². The van der Waals surface area contributed by atoms with Crippen LogP contribution in [0.25, 0.3) is 0 Å². The Morgan fingerprint density at radius 3 is 2.43 bits per heavy atom. The van der Waals surface area contributed by atoms with Gasteiger partial charge in [0.25, 0.3) is 0 Å². The lowest BCUT2D eigenvalue weighted by molar-refractivity contribution is 0.272. The molecule has 110 valence electrons. The zero-order chi connectivity index (χ0) is 14.8. The minimum absolute atomic E-state index is 0.108. The van der Waals surface area contributed by atoms with Crippen LogP contribution in [-0.4, -0.2) is 11.4 Å². The standard InChI is InChI=1S/C18H21FN2/c1-13-6-7-14(10-17(13)19)18(20)8-9-21-11-15-4-2-3-5-16(15)12-21/h2-7,10,18H,8-9,11-12,20H2,1H3. The van der Waals surface area contributed by atoms with Crippen molar-refractivity contribution < 1.29 is 4.39 Å². The Hall–Kier alpha value is -1.71. The van der Waals surface area contributed by atoms with E-state index in [9.17, 15) is 4.39 Å². The number of nitrogens with zero attached hydrogens (tertiary/aromatic N) is 1. The quantitative estimate of drug-likeness (QED) is 0.930. The molecule has 0 fully saturated rings. The van der Waals surface area contributed by atoms with Crippen LogP contribution in [-0.2, 0) is 13.1 Å². The van der Waals surface area contributed by atoms with Crippen LogP contribution < -0.4 is 5.73 Å². The van der Waals surface area contributed by atoms with Gasteiger partial charge in [-0.25, -0.2) is 4.39 Å². The smallest absolute Gasteiger partial charge is 0.126 e. The Morgan fingerprint density at radius 2 is 1.81 bits per heavy atom. The van der Waals surface area contributed by atoms with E-state index in [1.807, 2.05) is 6.07 Å². The summed E-state index contributed by atoms with van der Waals surface area (Å²) in [6.45, 7) is 4.69. The molecule has 2 aromatic carbocycles. The van der Waals surface area contributed by atoms with E-state index in [0.717, 1.165) is 31.6 Å². The monoisotopic (exact) mass is 284 g/mol. The van der Waals surface area contributed by atoms with Crippen molar-refractivity contribution in [1.29, 1.82) is 0 Å². The Morgan fingerprint density at radius 1 is 1.14 bits per heavy atom. The molecule has 0 amide bonds. The van der Waals surface area contributed by atoms with Crippen LogP contribution in [0.2, 0.25) is 0 Å². The fourth-order valence-electron chi connectivity index (χ4n) is 2.89. The third-order valence-electron chi connectivity index (χ3n) is 4.29. The number of halogens is 1. The predicted octanol–water partition coefficient (Wildman–Crippen LogP) is 3.54. The molecule has 1 heterocycles. The molecule has 1 aliphatic heterocycles. The van der Waals surface area contributed by atoms with Crippen molar-refractivity contribution in [3.63, 3.8) is 0 Å². The van der Waals surface area contributed by atoms with Crippen LogP contribution in [0.4, 0.5) is 4.39 Å². The van der Waals surface area contributed by atoms with E-state index in [1.54, 1.807) is 19.1 Å². The second kappa shape index (κ2) is 5.96. The first-order chi connectivity index (χ1) is 10.1. The molecule has 21 heavy (non-hydrogen) atoms. The zero-order valence-corrected chi connectivity index (χ0v) is 12.3. The van der Waals surface area contributed by atoms with Gasteiger partial charge in [0, 0.05) is 25.7 Å². The number of aryl methyl sites for hydroxylation is 1. The van der Waals surface area contributed by atoms with E-state index in [1.165, 1.54) is 11.1 Å². The van der Waals surface area contributed by atoms with E-state index in [-0.39, 0.29) is 11.9 Å². The molecular formula is C18H21FN2. The van der Waals surface area contributed by atoms with Crippen LogP contribution in [0.3, 0.4) is 0 Å². The molecule has 0 saturated carbocycles. The lowest BCUT2D eigenvalue weighted by atomic mass is 10.0. The first-order valence-electron chi connectivity index (χ1n) is 7.44. The average molecular weight is 284 g/mol. The Balaban J connectivity index is 1.57. The molecule has 1 unspecified atom stereocenters. The molecule has 3 rings (SSSR count). The molecular weight excluding hydrogens is 263 g/mol. The fraction of sp³-hybridized carbons (Fsp3) is 0.333. The zero-order valence-electron chi connectivity index (χ0n) is 12.3. The van der Waals surface area contributed by atoms with E-state index in [0.29, 0.717) is 5.56 Å². The topological polar surface area (TPSA) is 29.3 Å². The largest absolute Gasteiger partial charge is 0.324 e. The average Bonchev–Trinajstić information content (AvgIpc) is 2.90. The van der Waals surface area contributed by atoms with Crippen LogP contribution in [0.1, 0.15) is 34.7 Å². The van der Waals surface area contributed by atoms with Crippen LogP contribution in [0.5, 0.6) is 0 Å². The molecule has 0 spiro atoms. The normalized spacial score (nSPS) is 16.0. The summed E-state index contributed by atoms with van der Waals surface area (Å²) in [6, 6.07) is 13.7. The van der Waals surface area contributed by atoms with Crippen molar-refractivity contribution in [2.24, 2.45) is 5.73 Å². The van der Waals surface area contributed by atoms with Crippen LogP contribution in [0.15, 0.2) is 42.5 Å². The van der Waals surface area contributed by atoms with Gasteiger partial charge in [0.2, 0.25) is 0 Å². The Bertz CT molecular complexity index is 614. The van der Waals surface area contributed by atoms with Gasteiger partial charge in [-0.2, -0.15) is 0 Å². The van der Waals surface area contributed by atoms with Gasteiger partial charge in [0.1, 0.15) is 5.82 Å². The van der Waals surface area contributed by atoms with Crippen molar-refractivity contribution in [1.82, 2.24) is 4.90 Å². The molecule has 3 heteroatoms. The fourth-order valence-corrected chi connectivity index (χ4v) is 2.89. The van der Waals surface area contributed by atoms with Crippen molar-refractivity contribution >= 4 is 0 Å². The minimum Gasteiger partial charge on any atom is -0.324 e. The van der Waals surface area contributed by atoms with Gasteiger partial charge in [-0.1, -0.05) is 36.4 Å². The maximum Gasteiger partial charge on any atom is 0.126 e.